The molecule has 1 aromatic carbocycles. The zero-order chi connectivity index (χ0) is 17.7. The van der Waals surface area contributed by atoms with Gasteiger partial charge in [-0.05, 0) is 31.0 Å². The molecule has 1 aliphatic heterocycles. The Morgan fingerprint density at radius 3 is 2.58 bits per heavy atom. The maximum absolute atomic E-state index is 12.4. The van der Waals surface area contributed by atoms with Crippen LogP contribution in [-0.4, -0.2) is 61.1 Å². The molecule has 2 unspecified atom stereocenters. The highest BCUT2D eigenvalue weighted by molar-refractivity contribution is 6.00. The zero-order valence-electron chi connectivity index (χ0n) is 13.8. The smallest absolute Gasteiger partial charge is 0.326 e. The van der Waals surface area contributed by atoms with Crippen molar-refractivity contribution in [1.82, 2.24) is 10.2 Å². The molecule has 130 valence electrons. The Morgan fingerprint density at radius 1 is 1.29 bits per heavy atom. The molecule has 2 amide bonds. The average molecular weight is 334 g/mol. The summed E-state index contributed by atoms with van der Waals surface area (Å²) < 4.78 is 5.31. The molecule has 1 aromatic rings. The second kappa shape index (κ2) is 7.92. The molecular formula is C17H22N2O5. The SMILES string of the molecule is CN(C)C(=O)c1cccc(C(=O)NC(C(=O)O)C2CCCOC2)c1. The molecule has 7 nitrogen and oxygen atoms in total. The number of hydrogen-bond acceptors (Lipinski definition) is 4. The minimum absolute atomic E-state index is 0.222. The molecule has 0 aliphatic carbocycles. The van der Waals surface area contributed by atoms with Crippen molar-refractivity contribution in [3.63, 3.8) is 0 Å². The third-order valence-electron chi connectivity index (χ3n) is 4.00. The summed E-state index contributed by atoms with van der Waals surface area (Å²) in [6.45, 7) is 0.932. The second-order valence-corrected chi connectivity index (χ2v) is 6.05. The summed E-state index contributed by atoms with van der Waals surface area (Å²) in [6.07, 6.45) is 1.47. The Kier molecular flexibility index (Phi) is 5.92. The lowest BCUT2D eigenvalue weighted by Crippen LogP contribution is -2.48. The van der Waals surface area contributed by atoms with Crippen LogP contribution in [0.4, 0.5) is 0 Å². The van der Waals surface area contributed by atoms with Gasteiger partial charge in [-0.1, -0.05) is 6.07 Å². The van der Waals surface area contributed by atoms with E-state index in [1.807, 2.05) is 0 Å². The van der Waals surface area contributed by atoms with Crippen LogP contribution in [0, 0.1) is 5.92 Å². The number of ether oxygens (including phenoxy) is 1. The summed E-state index contributed by atoms with van der Waals surface area (Å²) in [5.74, 6) is -2.08. The van der Waals surface area contributed by atoms with Crippen molar-refractivity contribution in [1.29, 1.82) is 0 Å². The summed E-state index contributed by atoms with van der Waals surface area (Å²) in [6, 6.07) is 5.23. The number of carbonyl (C=O) groups is 3. The maximum atomic E-state index is 12.4. The summed E-state index contributed by atoms with van der Waals surface area (Å²) >= 11 is 0. The van der Waals surface area contributed by atoms with Gasteiger partial charge in [-0.3, -0.25) is 9.59 Å². The molecule has 24 heavy (non-hydrogen) atoms. The predicted molar refractivity (Wildman–Crippen MR) is 86.9 cm³/mol. The van der Waals surface area contributed by atoms with Gasteiger partial charge in [-0.25, -0.2) is 4.79 Å². The van der Waals surface area contributed by atoms with Gasteiger partial charge in [0.2, 0.25) is 0 Å². The van der Waals surface area contributed by atoms with Gasteiger partial charge >= 0.3 is 5.97 Å². The normalized spacial score (nSPS) is 18.5. The largest absolute Gasteiger partial charge is 0.480 e. The fourth-order valence-corrected chi connectivity index (χ4v) is 2.69. The van der Waals surface area contributed by atoms with Crippen molar-refractivity contribution in [2.45, 2.75) is 18.9 Å². The molecule has 1 aliphatic rings. The lowest BCUT2D eigenvalue weighted by atomic mass is 9.93. The number of aliphatic carboxylic acids is 1. The highest BCUT2D eigenvalue weighted by atomic mass is 16.5. The molecule has 1 fully saturated rings. The first-order chi connectivity index (χ1) is 11.4. The van der Waals surface area contributed by atoms with Gasteiger partial charge in [0.05, 0.1) is 6.61 Å². The van der Waals surface area contributed by atoms with Crippen molar-refractivity contribution in [2.75, 3.05) is 27.3 Å². The van der Waals surface area contributed by atoms with Crippen LogP contribution in [-0.2, 0) is 9.53 Å². The van der Waals surface area contributed by atoms with Crippen molar-refractivity contribution >= 4 is 17.8 Å². The van der Waals surface area contributed by atoms with E-state index >= 15 is 0 Å². The zero-order valence-corrected chi connectivity index (χ0v) is 13.8. The number of carboxylic acid groups (broad SMARTS) is 1. The third-order valence-corrected chi connectivity index (χ3v) is 4.00. The van der Waals surface area contributed by atoms with Crippen molar-refractivity contribution < 1.29 is 24.2 Å². The number of hydrogen-bond donors (Lipinski definition) is 2. The minimum atomic E-state index is -1.08. The van der Waals surface area contributed by atoms with E-state index in [0.29, 0.717) is 25.2 Å². The van der Waals surface area contributed by atoms with Crippen LogP contribution in [0.1, 0.15) is 33.6 Å². The molecule has 0 bridgehead atoms. The molecule has 2 rings (SSSR count). The fraction of sp³-hybridized carbons (Fsp3) is 0.471. The molecule has 0 aromatic heterocycles. The monoisotopic (exact) mass is 334 g/mol. The summed E-state index contributed by atoms with van der Waals surface area (Å²) in [7, 11) is 3.25. The van der Waals surface area contributed by atoms with Crippen LogP contribution >= 0.6 is 0 Å². The Hall–Kier alpha value is -2.41. The van der Waals surface area contributed by atoms with Gasteiger partial charge in [0.1, 0.15) is 6.04 Å². The van der Waals surface area contributed by atoms with Crippen LogP contribution in [0.25, 0.3) is 0 Å². The molecule has 1 saturated heterocycles. The standard InChI is InChI=1S/C17H22N2O5/c1-19(2)16(21)12-6-3-5-11(9-12)15(20)18-14(17(22)23)13-7-4-8-24-10-13/h3,5-6,9,13-14H,4,7-8,10H2,1-2H3,(H,18,20)(H,22,23). The Labute approximate surface area is 140 Å². The number of nitrogens with zero attached hydrogens (tertiary/aromatic N) is 1. The van der Waals surface area contributed by atoms with Gasteiger partial charge in [-0.15, -0.1) is 0 Å². The first-order valence-electron chi connectivity index (χ1n) is 7.83. The summed E-state index contributed by atoms with van der Waals surface area (Å²) in [5, 5.41) is 12.0. The molecule has 1 heterocycles. The lowest BCUT2D eigenvalue weighted by Gasteiger charge is -2.28. The van der Waals surface area contributed by atoms with Crippen LogP contribution < -0.4 is 5.32 Å². The molecule has 7 heteroatoms. The Morgan fingerprint density at radius 2 is 2.00 bits per heavy atom. The summed E-state index contributed by atoms with van der Waals surface area (Å²) in [4.78, 5) is 37.3. The topological polar surface area (TPSA) is 95.9 Å². The van der Waals surface area contributed by atoms with E-state index in [9.17, 15) is 19.5 Å². The number of rotatable bonds is 5. The van der Waals surface area contributed by atoms with Gasteiger partial charge in [0.15, 0.2) is 0 Å². The molecule has 2 atom stereocenters. The highest BCUT2D eigenvalue weighted by Crippen LogP contribution is 2.18. The Bertz CT molecular complexity index is 623. The van der Waals surface area contributed by atoms with Crippen LogP contribution in [0.2, 0.25) is 0 Å². The van der Waals surface area contributed by atoms with E-state index in [1.54, 1.807) is 32.3 Å². The lowest BCUT2D eigenvalue weighted by molar-refractivity contribution is -0.142. The number of amides is 2. The minimum Gasteiger partial charge on any atom is -0.480 e. The molecule has 0 spiro atoms. The first-order valence-corrected chi connectivity index (χ1v) is 7.83. The van der Waals surface area contributed by atoms with E-state index < -0.39 is 17.9 Å². The van der Waals surface area contributed by atoms with E-state index in [4.69, 9.17) is 4.74 Å². The van der Waals surface area contributed by atoms with Crippen LogP contribution in [0.5, 0.6) is 0 Å². The van der Waals surface area contributed by atoms with Gasteiger partial charge in [0, 0.05) is 37.7 Å². The third kappa shape index (κ3) is 4.32. The maximum Gasteiger partial charge on any atom is 0.326 e. The second-order valence-electron chi connectivity index (χ2n) is 6.05. The Balaban J connectivity index is 2.13. The molecule has 0 saturated carbocycles. The van der Waals surface area contributed by atoms with E-state index in [2.05, 4.69) is 5.32 Å². The quantitative estimate of drug-likeness (QED) is 0.837. The molecule has 2 N–H and O–H groups in total. The number of carbonyl (C=O) groups excluding carboxylic acids is 2. The summed E-state index contributed by atoms with van der Waals surface area (Å²) in [5.41, 5.74) is 0.631. The number of nitrogens with one attached hydrogen (secondary N) is 1. The highest BCUT2D eigenvalue weighted by Gasteiger charge is 2.31. The number of benzene rings is 1. The average Bonchev–Trinajstić information content (AvgIpc) is 2.59. The van der Waals surface area contributed by atoms with Gasteiger partial charge < -0.3 is 20.1 Å². The van der Waals surface area contributed by atoms with Crippen molar-refractivity contribution in [3.05, 3.63) is 35.4 Å². The van der Waals surface area contributed by atoms with Crippen molar-refractivity contribution in [2.24, 2.45) is 5.92 Å². The molecular weight excluding hydrogens is 312 g/mol. The van der Waals surface area contributed by atoms with Crippen LogP contribution in [0.15, 0.2) is 24.3 Å². The van der Waals surface area contributed by atoms with Gasteiger partial charge in [0.25, 0.3) is 11.8 Å². The van der Waals surface area contributed by atoms with E-state index in [0.717, 1.165) is 6.42 Å². The molecule has 0 radical (unpaired) electrons. The number of carboxylic acids is 1. The van der Waals surface area contributed by atoms with Crippen molar-refractivity contribution in [3.8, 4) is 0 Å². The van der Waals surface area contributed by atoms with E-state index in [1.165, 1.54) is 11.0 Å². The van der Waals surface area contributed by atoms with E-state index in [-0.39, 0.29) is 17.4 Å². The predicted octanol–water partition coefficient (Wildman–Crippen LogP) is 0.998. The first kappa shape index (κ1) is 17.9. The fourth-order valence-electron chi connectivity index (χ4n) is 2.69. The van der Waals surface area contributed by atoms with Crippen LogP contribution in [0.3, 0.4) is 0 Å². The van der Waals surface area contributed by atoms with Gasteiger partial charge in [-0.2, -0.15) is 0 Å².